The molecule has 0 radical (unpaired) electrons. The van der Waals surface area contributed by atoms with E-state index < -0.39 is 21.9 Å². The number of hydrogen-bond donors (Lipinski definition) is 1. The van der Waals surface area contributed by atoms with Gasteiger partial charge in [-0.2, -0.15) is 0 Å². The first kappa shape index (κ1) is 30.2. The molecular formula is C27H34Cl2FN3O4S. The predicted octanol–water partition coefficient (Wildman–Crippen LogP) is 5.54. The van der Waals surface area contributed by atoms with Crippen molar-refractivity contribution in [3.63, 3.8) is 0 Å². The van der Waals surface area contributed by atoms with Gasteiger partial charge in [0.1, 0.15) is 11.9 Å². The van der Waals surface area contributed by atoms with Gasteiger partial charge in [0, 0.05) is 35.6 Å². The first-order valence-corrected chi connectivity index (χ1v) is 15.3. The molecule has 0 aromatic heterocycles. The molecule has 0 aliphatic heterocycles. The van der Waals surface area contributed by atoms with Crippen molar-refractivity contribution in [2.45, 2.75) is 70.5 Å². The molecule has 2 aromatic rings. The highest BCUT2D eigenvalue weighted by Crippen LogP contribution is 2.25. The van der Waals surface area contributed by atoms with Crippen LogP contribution in [0, 0.1) is 5.82 Å². The molecule has 1 saturated carbocycles. The lowest BCUT2D eigenvalue weighted by Gasteiger charge is -2.32. The molecular weight excluding hydrogens is 552 g/mol. The van der Waals surface area contributed by atoms with Crippen LogP contribution < -0.4 is 9.62 Å². The highest BCUT2D eigenvalue weighted by molar-refractivity contribution is 7.92. The lowest BCUT2D eigenvalue weighted by molar-refractivity contribution is -0.141. The lowest BCUT2D eigenvalue weighted by Crippen LogP contribution is -2.50. The fourth-order valence-corrected chi connectivity index (χ4v) is 6.06. The Bertz CT molecular complexity index is 1240. The van der Waals surface area contributed by atoms with Crippen molar-refractivity contribution in [2.75, 3.05) is 17.1 Å². The Morgan fingerprint density at radius 1 is 1.11 bits per heavy atom. The van der Waals surface area contributed by atoms with Crippen LogP contribution in [0.5, 0.6) is 0 Å². The van der Waals surface area contributed by atoms with Crippen LogP contribution in [-0.2, 0) is 26.2 Å². The third kappa shape index (κ3) is 8.32. The summed E-state index contributed by atoms with van der Waals surface area (Å²) in [6, 6.07) is 9.83. The Hall–Kier alpha value is -2.36. The van der Waals surface area contributed by atoms with Gasteiger partial charge in [-0.15, -0.1) is 0 Å². The summed E-state index contributed by atoms with van der Waals surface area (Å²) >= 11 is 12.4. The minimum Gasteiger partial charge on any atom is -0.352 e. The van der Waals surface area contributed by atoms with E-state index in [1.807, 2.05) is 0 Å². The normalized spacial score (nSPS) is 15.1. The van der Waals surface area contributed by atoms with Gasteiger partial charge in [0.05, 0.1) is 11.9 Å². The Morgan fingerprint density at radius 2 is 1.79 bits per heavy atom. The second-order valence-corrected chi connectivity index (χ2v) is 12.4. The van der Waals surface area contributed by atoms with Gasteiger partial charge >= 0.3 is 0 Å². The maximum Gasteiger partial charge on any atom is 0.242 e. The molecule has 208 valence electrons. The van der Waals surface area contributed by atoms with Gasteiger partial charge in [-0.1, -0.05) is 60.7 Å². The molecule has 7 nitrogen and oxygen atoms in total. The van der Waals surface area contributed by atoms with Crippen molar-refractivity contribution in [3.05, 3.63) is 63.9 Å². The van der Waals surface area contributed by atoms with Crippen molar-refractivity contribution in [2.24, 2.45) is 0 Å². The number of anilines is 1. The standard InChI is InChI=1S/C27H34Cl2FN3O4S/c1-19(27(35)31-22-9-4-3-5-10-22)32(18-20-14-15-21(28)17-23(20)29)26(34)13-8-16-33(38(2,36)37)25-12-7-6-11-24(25)30/h6-7,11-12,14-15,17,19,22H,3-5,8-10,13,16,18H2,1-2H3,(H,31,35). The van der Waals surface area contributed by atoms with Crippen molar-refractivity contribution < 1.29 is 22.4 Å². The summed E-state index contributed by atoms with van der Waals surface area (Å²) in [6.45, 7) is 1.66. The summed E-state index contributed by atoms with van der Waals surface area (Å²) in [5.74, 6) is -1.26. The van der Waals surface area contributed by atoms with Crippen LogP contribution >= 0.6 is 23.2 Å². The number of nitrogens with zero attached hydrogens (tertiary/aromatic N) is 2. The largest absolute Gasteiger partial charge is 0.352 e. The van der Waals surface area contributed by atoms with Gasteiger partial charge in [0.2, 0.25) is 21.8 Å². The van der Waals surface area contributed by atoms with Crippen LogP contribution in [0.4, 0.5) is 10.1 Å². The second-order valence-electron chi connectivity index (χ2n) is 9.67. The molecule has 1 unspecified atom stereocenters. The van der Waals surface area contributed by atoms with Gasteiger partial charge in [0.25, 0.3) is 0 Å². The Balaban J connectivity index is 1.75. The van der Waals surface area contributed by atoms with Crippen molar-refractivity contribution in [1.82, 2.24) is 10.2 Å². The van der Waals surface area contributed by atoms with Crippen LogP contribution in [0.3, 0.4) is 0 Å². The quantitative estimate of drug-likeness (QED) is 0.375. The van der Waals surface area contributed by atoms with E-state index in [1.165, 1.54) is 23.1 Å². The van der Waals surface area contributed by atoms with E-state index in [0.29, 0.717) is 15.6 Å². The zero-order chi connectivity index (χ0) is 27.9. The van der Waals surface area contributed by atoms with E-state index >= 15 is 0 Å². The van der Waals surface area contributed by atoms with Crippen LogP contribution in [0.15, 0.2) is 42.5 Å². The number of nitrogens with one attached hydrogen (secondary N) is 1. The fourth-order valence-electron chi connectivity index (χ4n) is 4.62. The van der Waals surface area contributed by atoms with E-state index in [4.69, 9.17) is 23.2 Å². The topological polar surface area (TPSA) is 86.8 Å². The van der Waals surface area contributed by atoms with Crippen LogP contribution in [0.1, 0.15) is 57.4 Å². The monoisotopic (exact) mass is 585 g/mol. The zero-order valence-corrected chi connectivity index (χ0v) is 24.0. The number of rotatable bonds is 11. The first-order chi connectivity index (χ1) is 18.0. The summed E-state index contributed by atoms with van der Waals surface area (Å²) in [7, 11) is -3.79. The van der Waals surface area contributed by atoms with E-state index in [1.54, 1.807) is 31.2 Å². The number of halogens is 3. The molecule has 2 amide bonds. The lowest BCUT2D eigenvalue weighted by atomic mass is 9.95. The zero-order valence-electron chi connectivity index (χ0n) is 21.6. The molecule has 0 saturated heterocycles. The number of benzene rings is 2. The van der Waals surface area contributed by atoms with Crippen LogP contribution in [0.2, 0.25) is 10.0 Å². The maximum absolute atomic E-state index is 14.3. The third-order valence-electron chi connectivity index (χ3n) is 6.75. The van der Waals surface area contributed by atoms with Crippen molar-refractivity contribution in [1.29, 1.82) is 0 Å². The molecule has 1 atom stereocenters. The minimum absolute atomic E-state index is 0.0489. The molecule has 0 bridgehead atoms. The predicted molar refractivity (Wildman–Crippen MR) is 149 cm³/mol. The van der Waals surface area contributed by atoms with E-state index in [-0.39, 0.29) is 49.5 Å². The van der Waals surface area contributed by atoms with E-state index in [9.17, 15) is 22.4 Å². The Labute approximate surface area is 234 Å². The molecule has 38 heavy (non-hydrogen) atoms. The summed E-state index contributed by atoms with van der Waals surface area (Å²) < 4.78 is 40.0. The number of para-hydroxylation sites is 1. The van der Waals surface area contributed by atoms with Crippen molar-refractivity contribution >= 4 is 50.7 Å². The maximum atomic E-state index is 14.3. The molecule has 1 aliphatic carbocycles. The van der Waals surface area contributed by atoms with Gasteiger partial charge in [-0.3, -0.25) is 13.9 Å². The average molecular weight is 587 g/mol. The Morgan fingerprint density at radius 3 is 2.42 bits per heavy atom. The number of sulfonamides is 1. The molecule has 1 aliphatic rings. The van der Waals surface area contributed by atoms with E-state index in [0.717, 1.165) is 42.7 Å². The van der Waals surface area contributed by atoms with Gasteiger partial charge in [-0.05, 0) is 56.0 Å². The minimum atomic E-state index is -3.79. The smallest absolute Gasteiger partial charge is 0.242 e. The number of carbonyl (C=O) groups is 2. The van der Waals surface area contributed by atoms with Crippen LogP contribution in [-0.4, -0.2) is 50.0 Å². The average Bonchev–Trinajstić information content (AvgIpc) is 2.86. The molecule has 0 spiro atoms. The molecule has 1 N–H and O–H groups in total. The summed E-state index contributed by atoms with van der Waals surface area (Å²) in [5.41, 5.74) is 0.554. The molecule has 0 heterocycles. The SMILES string of the molecule is CC(C(=O)NC1CCCCC1)N(Cc1ccc(Cl)cc1Cl)C(=O)CCCN(c1ccccc1F)S(C)(=O)=O. The van der Waals surface area contributed by atoms with Gasteiger partial charge < -0.3 is 10.2 Å². The highest BCUT2D eigenvalue weighted by atomic mass is 35.5. The number of hydrogen-bond acceptors (Lipinski definition) is 4. The first-order valence-electron chi connectivity index (χ1n) is 12.7. The summed E-state index contributed by atoms with van der Waals surface area (Å²) in [5, 5.41) is 3.89. The molecule has 1 fully saturated rings. The van der Waals surface area contributed by atoms with Crippen LogP contribution in [0.25, 0.3) is 0 Å². The summed E-state index contributed by atoms with van der Waals surface area (Å²) in [4.78, 5) is 28.0. The number of carbonyl (C=O) groups excluding carboxylic acids is 2. The van der Waals surface area contributed by atoms with Crippen molar-refractivity contribution in [3.8, 4) is 0 Å². The molecule has 11 heteroatoms. The Kier molecular flexibility index (Phi) is 10.8. The van der Waals surface area contributed by atoms with Gasteiger partial charge in [-0.25, -0.2) is 12.8 Å². The number of amides is 2. The van der Waals surface area contributed by atoms with E-state index in [2.05, 4.69) is 5.32 Å². The molecule has 2 aromatic carbocycles. The third-order valence-corrected chi connectivity index (χ3v) is 8.51. The second kappa shape index (κ2) is 13.6. The fraction of sp³-hybridized carbons (Fsp3) is 0.481. The van der Waals surface area contributed by atoms with Gasteiger partial charge in [0.15, 0.2) is 0 Å². The summed E-state index contributed by atoms with van der Waals surface area (Å²) in [6.07, 6.45) is 6.16. The highest BCUT2D eigenvalue weighted by Gasteiger charge is 2.29. The molecule has 3 rings (SSSR count).